The lowest BCUT2D eigenvalue weighted by atomic mass is 10.1. The third-order valence-corrected chi connectivity index (χ3v) is 4.27. The first kappa shape index (κ1) is 17.7. The highest BCUT2D eigenvalue weighted by molar-refractivity contribution is 5.94. The van der Waals surface area contributed by atoms with Crippen molar-refractivity contribution in [3.8, 4) is 17.1 Å². The van der Waals surface area contributed by atoms with Gasteiger partial charge in [0.25, 0.3) is 5.91 Å². The molecular formula is C20H21N3O3. The summed E-state index contributed by atoms with van der Waals surface area (Å²) < 4.78 is 10.5. The minimum atomic E-state index is -0.0887. The highest BCUT2D eigenvalue weighted by atomic mass is 16.5. The van der Waals surface area contributed by atoms with Gasteiger partial charge in [0, 0.05) is 18.2 Å². The van der Waals surface area contributed by atoms with Crippen LogP contribution in [-0.2, 0) is 6.54 Å². The molecule has 6 heteroatoms. The van der Waals surface area contributed by atoms with Crippen LogP contribution < -0.4 is 4.74 Å². The molecule has 0 unspecified atom stereocenters. The van der Waals surface area contributed by atoms with Crippen LogP contribution in [0, 0.1) is 13.8 Å². The molecule has 3 aromatic rings. The van der Waals surface area contributed by atoms with Crippen LogP contribution in [-0.4, -0.2) is 35.1 Å². The number of benzene rings is 2. The number of rotatable bonds is 5. The highest BCUT2D eigenvalue weighted by Gasteiger charge is 2.17. The molecule has 0 radical (unpaired) electrons. The van der Waals surface area contributed by atoms with Gasteiger partial charge in [0.15, 0.2) is 0 Å². The predicted octanol–water partition coefficient (Wildman–Crippen LogP) is 3.63. The molecule has 6 nitrogen and oxygen atoms in total. The van der Waals surface area contributed by atoms with E-state index in [9.17, 15) is 4.79 Å². The molecule has 0 atom stereocenters. The number of aryl methyl sites for hydroxylation is 2. The number of aromatic nitrogens is 2. The zero-order valence-electron chi connectivity index (χ0n) is 15.3. The van der Waals surface area contributed by atoms with E-state index in [-0.39, 0.29) is 12.5 Å². The Labute approximate surface area is 152 Å². The Balaban J connectivity index is 1.73. The molecule has 0 saturated heterocycles. The van der Waals surface area contributed by atoms with E-state index >= 15 is 0 Å². The highest BCUT2D eigenvalue weighted by Crippen LogP contribution is 2.21. The number of hydrogen-bond donors (Lipinski definition) is 0. The summed E-state index contributed by atoms with van der Waals surface area (Å²) in [6, 6.07) is 13.1. The van der Waals surface area contributed by atoms with Gasteiger partial charge in [-0.1, -0.05) is 23.4 Å². The Morgan fingerprint density at radius 2 is 1.96 bits per heavy atom. The fourth-order valence-corrected chi connectivity index (χ4v) is 2.57. The third kappa shape index (κ3) is 3.74. The second-order valence-electron chi connectivity index (χ2n) is 6.20. The minimum Gasteiger partial charge on any atom is -0.497 e. The molecule has 0 aliphatic carbocycles. The van der Waals surface area contributed by atoms with Crippen LogP contribution >= 0.6 is 0 Å². The Bertz CT molecular complexity index is 934. The van der Waals surface area contributed by atoms with Gasteiger partial charge in [-0.15, -0.1) is 0 Å². The first-order chi connectivity index (χ1) is 12.5. The van der Waals surface area contributed by atoms with Gasteiger partial charge in [-0.3, -0.25) is 4.79 Å². The third-order valence-electron chi connectivity index (χ3n) is 4.27. The Morgan fingerprint density at radius 3 is 2.69 bits per heavy atom. The Kier molecular flexibility index (Phi) is 5.02. The molecule has 1 heterocycles. The lowest BCUT2D eigenvalue weighted by molar-refractivity contribution is 0.0769. The smallest absolute Gasteiger partial charge is 0.254 e. The van der Waals surface area contributed by atoms with Crippen molar-refractivity contribution >= 4 is 5.91 Å². The molecule has 26 heavy (non-hydrogen) atoms. The van der Waals surface area contributed by atoms with E-state index in [1.54, 1.807) is 19.1 Å². The lowest BCUT2D eigenvalue weighted by Gasteiger charge is -2.15. The molecule has 0 bridgehead atoms. The van der Waals surface area contributed by atoms with Crippen LogP contribution in [0.25, 0.3) is 11.4 Å². The van der Waals surface area contributed by atoms with E-state index in [2.05, 4.69) is 10.1 Å². The van der Waals surface area contributed by atoms with Crippen molar-refractivity contribution in [1.82, 2.24) is 15.0 Å². The lowest BCUT2D eigenvalue weighted by Crippen LogP contribution is -2.26. The summed E-state index contributed by atoms with van der Waals surface area (Å²) in [5.74, 6) is 1.47. The first-order valence-electron chi connectivity index (χ1n) is 8.27. The number of hydrogen-bond acceptors (Lipinski definition) is 5. The summed E-state index contributed by atoms with van der Waals surface area (Å²) in [4.78, 5) is 18.5. The maximum Gasteiger partial charge on any atom is 0.254 e. The van der Waals surface area contributed by atoms with Crippen molar-refractivity contribution in [2.75, 3.05) is 14.2 Å². The number of carbonyl (C=O) groups excluding carboxylic acids is 1. The summed E-state index contributed by atoms with van der Waals surface area (Å²) in [6.07, 6.45) is 0. The number of carbonyl (C=O) groups is 1. The average molecular weight is 351 g/mol. The van der Waals surface area contributed by atoms with Crippen LogP contribution in [0.1, 0.15) is 27.4 Å². The summed E-state index contributed by atoms with van der Waals surface area (Å²) in [6.45, 7) is 4.25. The van der Waals surface area contributed by atoms with Crippen molar-refractivity contribution in [3.63, 3.8) is 0 Å². The number of ether oxygens (including phenoxy) is 1. The number of nitrogens with zero attached hydrogens (tertiary/aromatic N) is 3. The summed E-state index contributed by atoms with van der Waals surface area (Å²) >= 11 is 0. The predicted molar refractivity (Wildman–Crippen MR) is 98.0 cm³/mol. The summed E-state index contributed by atoms with van der Waals surface area (Å²) in [5.41, 5.74) is 3.68. The summed E-state index contributed by atoms with van der Waals surface area (Å²) in [5, 5.41) is 3.99. The van der Waals surface area contributed by atoms with Gasteiger partial charge in [0.05, 0.1) is 13.7 Å². The second-order valence-corrected chi connectivity index (χ2v) is 6.20. The number of methoxy groups -OCH3 is 1. The van der Waals surface area contributed by atoms with Crippen LogP contribution in [0.4, 0.5) is 0 Å². The normalized spacial score (nSPS) is 10.6. The molecular weight excluding hydrogens is 330 g/mol. The Morgan fingerprint density at radius 1 is 1.15 bits per heavy atom. The Hall–Kier alpha value is -3.15. The molecule has 0 saturated carbocycles. The SMILES string of the molecule is COc1cccc(-c2noc(CN(C)C(=O)c3ccc(C)c(C)c3)n2)c1. The molecule has 0 N–H and O–H groups in total. The first-order valence-corrected chi connectivity index (χ1v) is 8.27. The van der Waals surface area contributed by atoms with Gasteiger partial charge in [-0.05, 0) is 49.2 Å². The molecule has 1 aromatic heterocycles. The fourth-order valence-electron chi connectivity index (χ4n) is 2.57. The molecule has 0 spiro atoms. The zero-order chi connectivity index (χ0) is 18.7. The van der Waals surface area contributed by atoms with Crippen molar-refractivity contribution in [2.45, 2.75) is 20.4 Å². The van der Waals surface area contributed by atoms with Crippen molar-refractivity contribution < 1.29 is 14.1 Å². The maximum absolute atomic E-state index is 12.6. The zero-order valence-corrected chi connectivity index (χ0v) is 15.3. The van der Waals surface area contributed by atoms with Crippen LogP contribution in [0.3, 0.4) is 0 Å². The molecule has 0 aliphatic rings. The van der Waals surface area contributed by atoms with E-state index in [0.29, 0.717) is 17.3 Å². The van der Waals surface area contributed by atoms with Gasteiger partial charge >= 0.3 is 0 Å². The van der Waals surface area contributed by atoms with Crippen molar-refractivity contribution in [2.24, 2.45) is 0 Å². The van der Waals surface area contributed by atoms with Gasteiger partial charge in [0.1, 0.15) is 5.75 Å². The van der Waals surface area contributed by atoms with E-state index in [1.807, 2.05) is 56.3 Å². The maximum atomic E-state index is 12.6. The molecule has 2 aromatic carbocycles. The summed E-state index contributed by atoms with van der Waals surface area (Å²) in [7, 11) is 3.32. The van der Waals surface area contributed by atoms with Crippen LogP contribution in [0.2, 0.25) is 0 Å². The van der Waals surface area contributed by atoms with Crippen LogP contribution in [0.15, 0.2) is 47.0 Å². The van der Waals surface area contributed by atoms with E-state index in [4.69, 9.17) is 9.26 Å². The van der Waals surface area contributed by atoms with Crippen molar-refractivity contribution in [1.29, 1.82) is 0 Å². The van der Waals surface area contributed by atoms with Gasteiger partial charge in [-0.25, -0.2) is 0 Å². The van der Waals surface area contributed by atoms with Crippen LogP contribution in [0.5, 0.6) is 5.75 Å². The molecule has 0 aliphatic heterocycles. The molecule has 134 valence electrons. The quantitative estimate of drug-likeness (QED) is 0.702. The number of amides is 1. The van der Waals surface area contributed by atoms with Gasteiger partial charge < -0.3 is 14.2 Å². The molecule has 1 amide bonds. The minimum absolute atomic E-state index is 0.0887. The van der Waals surface area contributed by atoms with E-state index < -0.39 is 0 Å². The van der Waals surface area contributed by atoms with Crippen molar-refractivity contribution in [3.05, 3.63) is 65.0 Å². The second kappa shape index (κ2) is 7.39. The molecule has 3 rings (SSSR count). The standard InChI is InChI=1S/C20H21N3O3/c1-13-8-9-16(10-14(13)2)20(24)23(3)12-18-21-19(22-26-18)15-6-5-7-17(11-15)25-4/h5-11H,12H2,1-4H3. The van der Waals surface area contributed by atoms with Gasteiger partial charge in [0.2, 0.25) is 11.7 Å². The monoisotopic (exact) mass is 351 g/mol. The largest absolute Gasteiger partial charge is 0.497 e. The molecule has 0 fully saturated rings. The average Bonchev–Trinajstić information content (AvgIpc) is 3.12. The van der Waals surface area contributed by atoms with E-state index in [0.717, 1.165) is 22.4 Å². The van der Waals surface area contributed by atoms with Gasteiger partial charge in [-0.2, -0.15) is 4.98 Å². The topological polar surface area (TPSA) is 68.5 Å². The van der Waals surface area contributed by atoms with E-state index in [1.165, 1.54) is 0 Å². The fraction of sp³-hybridized carbons (Fsp3) is 0.250.